The van der Waals surface area contributed by atoms with Crippen molar-refractivity contribution in [1.29, 1.82) is 0 Å². The predicted molar refractivity (Wildman–Crippen MR) is 113 cm³/mol. The van der Waals surface area contributed by atoms with Gasteiger partial charge in [0.15, 0.2) is 11.5 Å². The summed E-state index contributed by atoms with van der Waals surface area (Å²) in [6.45, 7) is 2.49. The van der Waals surface area contributed by atoms with Crippen LogP contribution in [0.5, 0.6) is 11.5 Å². The molecule has 1 atom stereocenters. The van der Waals surface area contributed by atoms with Crippen LogP contribution in [0, 0.1) is 0 Å². The van der Waals surface area contributed by atoms with Gasteiger partial charge in [-0.3, -0.25) is 4.79 Å². The van der Waals surface area contributed by atoms with Gasteiger partial charge in [0.05, 0.1) is 29.5 Å². The number of hydrogen-bond acceptors (Lipinski definition) is 4. The highest BCUT2D eigenvalue weighted by molar-refractivity contribution is 6.30. The van der Waals surface area contributed by atoms with Gasteiger partial charge in [-0.25, -0.2) is 4.68 Å². The molecule has 6 nitrogen and oxygen atoms in total. The third-order valence-corrected chi connectivity index (χ3v) is 5.82. The maximum Gasteiger partial charge on any atom is 0.231 e. The molecule has 1 aliphatic carbocycles. The van der Waals surface area contributed by atoms with Gasteiger partial charge >= 0.3 is 0 Å². The third kappa shape index (κ3) is 3.75. The smallest absolute Gasteiger partial charge is 0.231 e. The maximum atomic E-state index is 12.8. The van der Waals surface area contributed by atoms with Crippen molar-refractivity contribution in [2.24, 2.45) is 0 Å². The number of ether oxygens (including phenoxy) is 2. The Balaban J connectivity index is 1.33. The van der Waals surface area contributed by atoms with Crippen LogP contribution in [0.2, 0.25) is 5.02 Å². The minimum atomic E-state index is -0.315. The number of fused-ring (bicyclic) bond motifs is 1. The van der Waals surface area contributed by atoms with Gasteiger partial charge in [-0.2, -0.15) is 5.10 Å². The standard InChI is InChI=1S/C23H22ClN3O3/c1-14(16-7-8-21-22(9-16)30-13-29-21)23(28)25-12-19-11-20(15-5-6-15)26-27(19)18-4-2-3-17(24)10-18/h2-4,7-11,14-15H,5-6,12-13H2,1H3,(H,25,28). The number of aromatic nitrogens is 2. The van der Waals surface area contributed by atoms with Crippen molar-refractivity contribution in [2.45, 2.75) is 38.1 Å². The molecule has 5 rings (SSSR count). The molecule has 154 valence electrons. The normalized spacial score (nSPS) is 15.8. The van der Waals surface area contributed by atoms with Crippen LogP contribution in [-0.2, 0) is 11.3 Å². The Morgan fingerprint density at radius 3 is 2.83 bits per heavy atom. The Morgan fingerprint density at radius 2 is 2.03 bits per heavy atom. The number of nitrogens with zero attached hydrogens (tertiary/aromatic N) is 2. The summed E-state index contributed by atoms with van der Waals surface area (Å²) in [7, 11) is 0. The molecule has 1 fully saturated rings. The number of rotatable bonds is 6. The van der Waals surface area contributed by atoms with E-state index in [1.54, 1.807) is 0 Å². The zero-order valence-corrected chi connectivity index (χ0v) is 17.4. The molecule has 1 aliphatic heterocycles. The molecule has 2 heterocycles. The summed E-state index contributed by atoms with van der Waals surface area (Å²) < 4.78 is 12.7. The molecule has 0 bridgehead atoms. The first-order chi connectivity index (χ1) is 14.6. The van der Waals surface area contributed by atoms with E-state index in [-0.39, 0.29) is 18.6 Å². The van der Waals surface area contributed by atoms with Crippen LogP contribution in [0.3, 0.4) is 0 Å². The van der Waals surface area contributed by atoms with Crippen molar-refractivity contribution in [3.05, 3.63) is 70.5 Å². The van der Waals surface area contributed by atoms with Gasteiger partial charge in [0, 0.05) is 10.9 Å². The number of carbonyl (C=O) groups excluding carboxylic acids is 1. The average molecular weight is 424 g/mol. The molecule has 30 heavy (non-hydrogen) atoms. The van der Waals surface area contributed by atoms with Gasteiger partial charge in [-0.05, 0) is 61.7 Å². The summed E-state index contributed by atoms with van der Waals surface area (Å²) >= 11 is 6.18. The van der Waals surface area contributed by atoms with E-state index in [1.165, 1.54) is 12.8 Å². The van der Waals surface area contributed by atoms with E-state index < -0.39 is 0 Å². The first-order valence-corrected chi connectivity index (χ1v) is 10.5. The van der Waals surface area contributed by atoms with Crippen LogP contribution >= 0.6 is 11.6 Å². The Bertz CT molecular complexity index is 1110. The van der Waals surface area contributed by atoms with E-state index in [4.69, 9.17) is 26.2 Å². The SMILES string of the molecule is CC(C(=O)NCc1cc(C2CC2)nn1-c1cccc(Cl)c1)c1ccc2c(c1)OCO2. The van der Waals surface area contributed by atoms with Crippen LogP contribution in [-0.4, -0.2) is 22.5 Å². The highest BCUT2D eigenvalue weighted by Gasteiger charge is 2.28. The Hall–Kier alpha value is -2.99. The van der Waals surface area contributed by atoms with Crippen LogP contribution in [0.1, 0.15) is 48.6 Å². The summed E-state index contributed by atoms with van der Waals surface area (Å²) in [5.74, 6) is 1.54. The minimum Gasteiger partial charge on any atom is -0.454 e. The zero-order valence-electron chi connectivity index (χ0n) is 16.6. The summed E-state index contributed by atoms with van der Waals surface area (Å²) in [5.41, 5.74) is 3.79. The topological polar surface area (TPSA) is 65.4 Å². The summed E-state index contributed by atoms with van der Waals surface area (Å²) in [6, 6.07) is 15.3. The fourth-order valence-electron chi connectivity index (χ4n) is 3.64. The summed E-state index contributed by atoms with van der Waals surface area (Å²) in [6.07, 6.45) is 2.33. The van der Waals surface area contributed by atoms with Crippen molar-refractivity contribution in [3.8, 4) is 17.2 Å². The van der Waals surface area contributed by atoms with Gasteiger partial charge in [-0.1, -0.05) is 23.7 Å². The lowest BCUT2D eigenvalue weighted by Crippen LogP contribution is -2.28. The quantitative estimate of drug-likeness (QED) is 0.631. The predicted octanol–water partition coefficient (Wildman–Crippen LogP) is 4.55. The molecule has 1 unspecified atom stereocenters. The molecule has 2 aliphatic rings. The number of benzene rings is 2. The van der Waals surface area contributed by atoms with Crippen LogP contribution < -0.4 is 14.8 Å². The van der Waals surface area contributed by atoms with E-state index in [2.05, 4.69) is 11.4 Å². The largest absolute Gasteiger partial charge is 0.454 e. The molecule has 1 N–H and O–H groups in total. The Kier molecular flexibility index (Phi) is 4.87. The molecular formula is C23H22ClN3O3. The number of amides is 1. The van der Waals surface area contributed by atoms with Gasteiger partial charge in [0.1, 0.15) is 0 Å². The number of halogens is 1. The summed E-state index contributed by atoms with van der Waals surface area (Å²) in [4.78, 5) is 12.8. The van der Waals surface area contributed by atoms with Gasteiger partial charge in [-0.15, -0.1) is 0 Å². The lowest BCUT2D eigenvalue weighted by molar-refractivity contribution is -0.122. The second-order valence-corrected chi connectivity index (χ2v) is 8.22. The van der Waals surface area contributed by atoms with E-state index in [0.29, 0.717) is 29.0 Å². The summed E-state index contributed by atoms with van der Waals surface area (Å²) in [5, 5.41) is 8.49. The number of nitrogens with one attached hydrogen (secondary N) is 1. The van der Waals surface area contributed by atoms with Crippen molar-refractivity contribution in [1.82, 2.24) is 15.1 Å². The van der Waals surface area contributed by atoms with Crippen molar-refractivity contribution in [2.75, 3.05) is 6.79 Å². The molecule has 3 aromatic rings. The van der Waals surface area contributed by atoms with E-state index >= 15 is 0 Å². The van der Waals surface area contributed by atoms with E-state index in [0.717, 1.165) is 22.6 Å². The Labute approximate surface area is 179 Å². The molecule has 7 heteroatoms. The first kappa shape index (κ1) is 19.0. The van der Waals surface area contributed by atoms with Crippen molar-refractivity contribution < 1.29 is 14.3 Å². The second kappa shape index (κ2) is 7.69. The van der Waals surface area contributed by atoms with Crippen molar-refractivity contribution >= 4 is 17.5 Å². The molecule has 1 saturated carbocycles. The van der Waals surface area contributed by atoms with Gasteiger partial charge < -0.3 is 14.8 Å². The van der Waals surface area contributed by atoms with Gasteiger partial charge in [0.2, 0.25) is 12.7 Å². The molecule has 1 amide bonds. The fourth-order valence-corrected chi connectivity index (χ4v) is 3.83. The first-order valence-electron chi connectivity index (χ1n) is 10.1. The third-order valence-electron chi connectivity index (χ3n) is 5.58. The minimum absolute atomic E-state index is 0.0549. The second-order valence-electron chi connectivity index (χ2n) is 7.78. The average Bonchev–Trinajstić information content (AvgIpc) is 3.34. The van der Waals surface area contributed by atoms with Crippen molar-refractivity contribution in [3.63, 3.8) is 0 Å². The highest BCUT2D eigenvalue weighted by atomic mass is 35.5. The molecule has 1 aromatic heterocycles. The van der Waals surface area contributed by atoms with E-state index in [9.17, 15) is 4.79 Å². The van der Waals surface area contributed by atoms with E-state index in [1.807, 2.05) is 54.1 Å². The molecule has 0 saturated heterocycles. The van der Waals surface area contributed by atoms with Crippen LogP contribution in [0.4, 0.5) is 0 Å². The zero-order chi connectivity index (χ0) is 20.7. The molecule has 0 radical (unpaired) electrons. The highest BCUT2D eigenvalue weighted by Crippen LogP contribution is 2.40. The number of hydrogen-bond donors (Lipinski definition) is 1. The van der Waals surface area contributed by atoms with Gasteiger partial charge in [0.25, 0.3) is 0 Å². The number of carbonyl (C=O) groups is 1. The maximum absolute atomic E-state index is 12.8. The van der Waals surface area contributed by atoms with Crippen LogP contribution in [0.25, 0.3) is 5.69 Å². The molecule has 0 spiro atoms. The monoisotopic (exact) mass is 423 g/mol. The fraction of sp³-hybridized carbons (Fsp3) is 0.304. The Morgan fingerprint density at radius 1 is 1.20 bits per heavy atom. The lowest BCUT2D eigenvalue weighted by atomic mass is 10.00. The van der Waals surface area contributed by atoms with Crippen LogP contribution in [0.15, 0.2) is 48.5 Å². The lowest BCUT2D eigenvalue weighted by Gasteiger charge is -2.14. The molecular weight excluding hydrogens is 402 g/mol. The molecule has 2 aromatic carbocycles.